The highest BCUT2D eigenvalue weighted by Gasteiger charge is 2.19. The molecule has 0 aliphatic heterocycles. The number of hydrogen-bond donors (Lipinski definition) is 2. The Balaban J connectivity index is 2.10. The summed E-state index contributed by atoms with van der Waals surface area (Å²) in [7, 11) is 1.72. The van der Waals surface area contributed by atoms with E-state index in [0.717, 1.165) is 30.4 Å². The first-order valence-electron chi connectivity index (χ1n) is 6.23. The zero-order chi connectivity index (χ0) is 14.0. The van der Waals surface area contributed by atoms with Crippen LogP contribution in [0.5, 0.6) is 0 Å². The van der Waals surface area contributed by atoms with E-state index in [1.807, 2.05) is 6.92 Å². The predicted molar refractivity (Wildman–Crippen MR) is 71.0 cm³/mol. The molecule has 0 bridgehead atoms. The summed E-state index contributed by atoms with van der Waals surface area (Å²) < 4.78 is 1.55. The number of hydrazine groups is 1. The van der Waals surface area contributed by atoms with E-state index >= 15 is 0 Å². The van der Waals surface area contributed by atoms with Gasteiger partial charge in [0.15, 0.2) is 5.82 Å². The van der Waals surface area contributed by atoms with Gasteiger partial charge in [-0.2, -0.15) is 10.4 Å². The zero-order valence-corrected chi connectivity index (χ0v) is 11.4. The van der Waals surface area contributed by atoms with Crippen LogP contribution in [0.2, 0.25) is 0 Å². The van der Waals surface area contributed by atoms with Gasteiger partial charge in [0.2, 0.25) is 0 Å². The van der Waals surface area contributed by atoms with Crippen LogP contribution >= 0.6 is 0 Å². The van der Waals surface area contributed by atoms with Crippen LogP contribution in [0.25, 0.3) is 0 Å². The summed E-state index contributed by atoms with van der Waals surface area (Å²) >= 11 is 0. The second-order valence-electron chi connectivity index (χ2n) is 4.74. The van der Waals surface area contributed by atoms with Crippen molar-refractivity contribution in [2.45, 2.75) is 33.1 Å². The number of anilines is 1. The topological polar surface area (TPSA) is 82.7 Å². The Bertz CT molecular complexity index is 591. The molecule has 1 aromatic heterocycles. The minimum atomic E-state index is -0.127. The number of aromatic nitrogens is 2. The van der Waals surface area contributed by atoms with Gasteiger partial charge < -0.3 is 0 Å². The molecule has 0 aromatic carbocycles. The van der Waals surface area contributed by atoms with Crippen molar-refractivity contribution in [2.75, 3.05) is 5.43 Å². The first kappa shape index (κ1) is 13.1. The van der Waals surface area contributed by atoms with Crippen LogP contribution in [0, 0.1) is 18.3 Å². The van der Waals surface area contributed by atoms with Crippen molar-refractivity contribution in [1.29, 1.82) is 5.26 Å². The van der Waals surface area contributed by atoms with Gasteiger partial charge in [0, 0.05) is 12.6 Å². The fraction of sp³-hybridized carbons (Fsp3) is 0.462. The molecular weight excluding hydrogens is 242 g/mol. The van der Waals surface area contributed by atoms with E-state index in [2.05, 4.69) is 22.0 Å². The van der Waals surface area contributed by atoms with Gasteiger partial charge in [-0.3, -0.25) is 20.3 Å². The van der Waals surface area contributed by atoms with Gasteiger partial charge in [-0.1, -0.05) is 5.57 Å². The van der Waals surface area contributed by atoms with Crippen molar-refractivity contribution in [3.8, 4) is 6.07 Å². The van der Waals surface area contributed by atoms with E-state index < -0.39 is 0 Å². The molecule has 0 fully saturated rings. The Morgan fingerprint density at radius 2 is 2.16 bits per heavy atom. The van der Waals surface area contributed by atoms with Gasteiger partial charge in [0.05, 0.1) is 5.69 Å². The van der Waals surface area contributed by atoms with Crippen molar-refractivity contribution in [3.63, 3.8) is 0 Å². The molecule has 2 rings (SSSR count). The molecule has 6 heteroatoms. The third kappa shape index (κ3) is 2.45. The fourth-order valence-electron chi connectivity index (χ4n) is 2.33. The highest BCUT2D eigenvalue weighted by Crippen LogP contribution is 2.25. The minimum absolute atomic E-state index is 0.127. The molecule has 0 saturated heterocycles. The van der Waals surface area contributed by atoms with Gasteiger partial charge >= 0.3 is 0 Å². The third-order valence-corrected chi connectivity index (χ3v) is 3.40. The van der Waals surface area contributed by atoms with E-state index in [1.54, 1.807) is 18.7 Å². The standard InChI is InChI=1S/C13H17N5O/c1-8-5-4-6-10(8)13(19)16-15-12-11(7-14)9(2)17-18(12)3/h15H,4-6H2,1-3H3,(H,16,19). The van der Waals surface area contributed by atoms with Crippen molar-refractivity contribution in [1.82, 2.24) is 15.2 Å². The highest BCUT2D eigenvalue weighted by molar-refractivity contribution is 5.95. The summed E-state index contributed by atoms with van der Waals surface area (Å²) in [5, 5.41) is 13.2. The molecule has 0 atom stereocenters. The number of nitrogens with zero attached hydrogens (tertiary/aromatic N) is 3. The summed E-state index contributed by atoms with van der Waals surface area (Å²) in [5.41, 5.74) is 8.50. The fourth-order valence-corrected chi connectivity index (χ4v) is 2.33. The Morgan fingerprint density at radius 3 is 2.74 bits per heavy atom. The number of allylic oxidation sites excluding steroid dienone is 1. The van der Waals surface area contributed by atoms with Crippen molar-refractivity contribution < 1.29 is 4.79 Å². The lowest BCUT2D eigenvalue weighted by Gasteiger charge is -2.10. The van der Waals surface area contributed by atoms with E-state index in [0.29, 0.717) is 17.1 Å². The number of nitrogens with one attached hydrogen (secondary N) is 2. The highest BCUT2D eigenvalue weighted by atomic mass is 16.2. The van der Waals surface area contributed by atoms with E-state index in [1.165, 1.54) is 0 Å². The van der Waals surface area contributed by atoms with Crippen LogP contribution < -0.4 is 10.9 Å². The molecule has 0 unspecified atom stereocenters. The predicted octanol–water partition coefficient (Wildman–Crippen LogP) is 1.54. The summed E-state index contributed by atoms with van der Waals surface area (Å²) in [6.45, 7) is 3.74. The van der Waals surface area contributed by atoms with E-state index in [-0.39, 0.29) is 5.91 Å². The summed E-state index contributed by atoms with van der Waals surface area (Å²) in [5.74, 6) is 0.377. The number of nitriles is 1. The van der Waals surface area contributed by atoms with Crippen molar-refractivity contribution in [2.24, 2.45) is 7.05 Å². The first-order valence-corrected chi connectivity index (χ1v) is 6.23. The lowest BCUT2D eigenvalue weighted by molar-refractivity contribution is -0.117. The van der Waals surface area contributed by atoms with E-state index in [9.17, 15) is 4.79 Å². The third-order valence-electron chi connectivity index (χ3n) is 3.40. The Hall–Kier alpha value is -2.29. The van der Waals surface area contributed by atoms with Crippen LogP contribution in [0.1, 0.15) is 37.4 Å². The number of hydrogen-bond acceptors (Lipinski definition) is 4. The molecule has 0 saturated carbocycles. The lowest BCUT2D eigenvalue weighted by Crippen LogP contribution is -2.31. The summed E-state index contributed by atoms with van der Waals surface area (Å²) in [6, 6.07) is 2.08. The molecule has 2 N–H and O–H groups in total. The first-order chi connectivity index (χ1) is 9.04. The SMILES string of the molecule is CC1=C(C(=O)NNc2c(C#N)c(C)nn2C)CCC1. The maximum absolute atomic E-state index is 12.0. The number of amides is 1. The van der Waals surface area contributed by atoms with Crippen molar-refractivity contribution in [3.05, 3.63) is 22.4 Å². The maximum Gasteiger partial charge on any atom is 0.265 e. The monoisotopic (exact) mass is 259 g/mol. The molecular formula is C13H17N5O. The molecule has 1 amide bonds. The summed E-state index contributed by atoms with van der Waals surface area (Å²) in [6.07, 6.45) is 2.83. The van der Waals surface area contributed by atoms with E-state index in [4.69, 9.17) is 5.26 Å². The van der Waals surface area contributed by atoms with Gasteiger partial charge in [0.1, 0.15) is 11.6 Å². The molecule has 6 nitrogen and oxygen atoms in total. The molecule has 0 radical (unpaired) electrons. The molecule has 100 valence electrons. The van der Waals surface area contributed by atoms with Gasteiger partial charge in [-0.25, -0.2) is 0 Å². The lowest BCUT2D eigenvalue weighted by atomic mass is 10.2. The Kier molecular flexibility index (Phi) is 3.56. The molecule has 0 spiro atoms. The number of aryl methyl sites for hydroxylation is 2. The van der Waals surface area contributed by atoms with Crippen LogP contribution in [0.4, 0.5) is 5.82 Å². The quantitative estimate of drug-likeness (QED) is 0.807. The maximum atomic E-state index is 12.0. The minimum Gasteiger partial charge on any atom is -0.281 e. The van der Waals surface area contributed by atoms with Gasteiger partial charge in [-0.05, 0) is 33.1 Å². The van der Waals surface area contributed by atoms with Crippen LogP contribution in [-0.2, 0) is 11.8 Å². The zero-order valence-electron chi connectivity index (χ0n) is 11.4. The molecule has 19 heavy (non-hydrogen) atoms. The van der Waals surface area contributed by atoms with Crippen LogP contribution in [0.15, 0.2) is 11.1 Å². The van der Waals surface area contributed by atoms with Crippen molar-refractivity contribution >= 4 is 11.7 Å². The van der Waals surface area contributed by atoms with Gasteiger partial charge in [0.25, 0.3) is 5.91 Å². The van der Waals surface area contributed by atoms with Crippen LogP contribution in [0.3, 0.4) is 0 Å². The summed E-state index contributed by atoms with van der Waals surface area (Å²) in [4.78, 5) is 12.0. The Morgan fingerprint density at radius 1 is 1.42 bits per heavy atom. The normalized spacial score (nSPS) is 14.4. The molecule has 1 heterocycles. The smallest absolute Gasteiger partial charge is 0.265 e. The molecule has 1 aliphatic rings. The number of carbonyl (C=O) groups is 1. The second kappa shape index (κ2) is 5.14. The number of rotatable bonds is 3. The average Bonchev–Trinajstić information content (AvgIpc) is 2.90. The second-order valence-corrected chi connectivity index (χ2v) is 4.74. The van der Waals surface area contributed by atoms with Gasteiger partial charge in [-0.15, -0.1) is 0 Å². The Labute approximate surface area is 112 Å². The largest absolute Gasteiger partial charge is 0.281 e. The number of carbonyl (C=O) groups excluding carboxylic acids is 1. The average molecular weight is 259 g/mol. The van der Waals surface area contributed by atoms with Crippen LogP contribution in [-0.4, -0.2) is 15.7 Å². The molecule has 1 aliphatic carbocycles. The molecule has 1 aromatic rings.